The Morgan fingerprint density at radius 1 is 1.07 bits per heavy atom. The minimum absolute atomic E-state index is 0.0373. The van der Waals surface area contributed by atoms with Crippen LogP contribution in [0.25, 0.3) is 0 Å². The minimum atomic E-state index is -1.54. The third-order valence-electron chi connectivity index (χ3n) is 6.30. The number of furan rings is 1. The van der Waals surface area contributed by atoms with E-state index in [9.17, 15) is 4.79 Å². The fraction of sp³-hybridized carbons (Fsp3) is 0.481. The van der Waals surface area contributed by atoms with Crippen molar-refractivity contribution in [3.63, 3.8) is 0 Å². The Morgan fingerprint density at radius 3 is 2.48 bits per heavy atom. The third-order valence-corrected chi connectivity index (χ3v) is 8.31. The molecule has 0 atom stereocenters. The molecule has 12 nitrogen and oxygen atoms in total. The summed E-state index contributed by atoms with van der Waals surface area (Å²) >= 11 is 0. The van der Waals surface area contributed by atoms with E-state index < -0.39 is 8.07 Å². The number of nitrogens with zero attached hydrogens (tertiary/aromatic N) is 4. The van der Waals surface area contributed by atoms with Gasteiger partial charge < -0.3 is 34.0 Å². The van der Waals surface area contributed by atoms with Crippen LogP contribution in [0.1, 0.15) is 12.2 Å². The van der Waals surface area contributed by atoms with Crippen molar-refractivity contribution in [1.29, 1.82) is 0 Å². The number of nitrogens with one attached hydrogen (secondary N) is 2. The molecule has 0 radical (unpaired) electrons. The molecule has 2 N–H and O–H groups in total. The molecule has 1 amide bonds. The standard InChI is InChI=1S/C27H38N6O6Si/c1-35-25-24(26(36-2)32-27(31-25)29-9-6-10-33-11-13-37-14-12-33)30-22(34)16-19-7-8-23(38-19)39-20-15-21(18-28-17-20)40(3,4)5/h7-8,15,17-18H,6,9-14,16H2,1-5H3,(H,30,34)(H,29,31,32). The van der Waals surface area contributed by atoms with Crippen molar-refractivity contribution in [2.45, 2.75) is 32.5 Å². The van der Waals surface area contributed by atoms with E-state index in [2.05, 4.69) is 50.1 Å². The SMILES string of the molecule is COc1nc(NCCCN2CCOCC2)nc(OC)c1NC(=O)Cc1ccc(Oc2cncc([Si](C)(C)C)c2)o1. The topological polar surface area (TPSA) is 133 Å². The van der Waals surface area contributed by atoms with Crippen LogP contribution in [0.2, 0.25) is 19.6 Å². The Kier molecular flexibility index (Phi) is 9.96. The summed E-state index contributed by atoms with van der Waals surface area (Å²) in [4.78, 5) is 28.3. The molecule has 3 aromatic heterocycles. The van der Waals surface area contributed by atoms with Gasteiger partial charge in [-0.2, -0.15) is 9.97 Å². The van der Waals surface area contributed by atoms with Gasteiger partial charge in [-0.3, -0.25) is 14.7 Å². The molecule has 0 aliphatic carbocycles. The summed E-state index contributed by atoms with van der Waals surface area (Å²) < 4.78 is 27.8. The van der Waals surface area contributed by atoms with Crippen molar-refractivity contribution in [1.82, 2.24) is 19.9 Å². The molecule has 13 heteroatoms. The fourth-order valence-electron chi connectivity index (χ4n) is 4.08. The highest BCUT2D eigenvalue weighted by atomic mass is 28.3. The zero-order valence-electron chi connectivity index (χ0n) is 23.8. The monoisotopic (exact) mass is 570 g/mol. The quantitative estimate of drug-likeness (QED) is 0.232. The number of hydrogen-bond donors (Lipinski definition) is 2. The largest absolute Gasteiger partial charge is 0.479 e. The lowest BCUT2D eigenvalue weighted by Crippen LogP contribution is -2.37. The van der Waals surface area contributed by atoms with Crippen LogP contribution in [0.4, 0.5) is 11.6 Å². The molecule has 0 unspecified atom stereocenters. The number of ether oxygens (including phenoxy) is 4. The van der Waals surface area contributed by atoms with E-state index in [1.54, 1.807) is 18.3 Å². The molecule has 4 rings (SSSR count). The Labute approximate surface area is 235 Å². The molecule has 0 aromatic carbocycles. The lowest BCUT2D eigenvalue weighted by atomic mass is 10.3. The number of pyridine rings is 1. The molecule has 0 bridgehead atoms. The number of amides is 1. The van der Waals surface area contributed by atoms with Crippen LogP contribution in [0.15, 0.2) is 35.0 Å². The molecule has 1 aliphatic heterocycles. The normalized spacial score (nSPS) is 14.0. The molecule has 0 spiro atoms. The van der Waals surface area contributed by atoms with Crippen LogP contribution in [0.5, 0.6) is 23.5 Å². The van der Waals surface area contributed by atoms with Gasteiger partial charge in [0.05, 0.1) is 48.1 Å². The van der Waals surface area contributed by atoms with Gasteiger partial charge in [-0.15, -0.1) is 0 Å². The first kappa shape index (κ1) is 29.3. The van der Waals surface area contributed by atoms with Gasteiger partial charge in [0, 0.05) is 31.9 Å². The smallest absolute Gasteiger partial charge is 0.290 e. The van der Waals surface area contributed by atoms with Crippen LogP contribution in [0.3, 0.4) is 0 Å². The van der Waals surface area contributed by atoms with E-state index in [-0.39, 0.29) is 35.7 Å². The second-order valence-electron chi connectivity index (χ2n) is 10.4. The summed E-state index contributed by atoms with van der Waals surface area (Å²) in [6.07, 6.45) is 4.39. The first-order chi connectivity index (χ1) is 19.2. The van der Waals surface area contributed by atoms with Crippen LogP contribution in [-0.2, 0) is 16.0 Å². The number of anilines is 2. The maximum Gasteiger partial charge on any atom is 0.290 e. The van der Waals surface area contributed by atoms with E-state index in [0.29, 0.717) is 24.0 Å². The van der Waals surface area contributed by atoms with E-state index in [1.807, 2.05) is 12.3 Å². The number of rotatable bonds is 13. The van der Waals surface area contributed by atoms with Crippen LogP contribution in [-0.4, -0.2) is 87.4 Å². The van der Waals surface area contributed by atoms with Crippen LogP contribution in [0, 0.1) is 0 Å². The van der Waals surface area contributed by atoms with Gasteiger partial charge in [0.25, 0.3) is 5.95 Å². The molecule has 1 aliphatic rings. The van der Waals surface area contributed by atoms with Gasteiger partial charge in [-0.1, -0.05) is 19.6 Å². The van der Waals surface area contributed by atoms with E-state index in [1.165, 1.54) is 19.4 Å². The fourth-order valence-corrected chi connectivity index (χ4v) is 5.12. The van der Waals surface area contributed by atoms with Gasteiger partial charge >= 0.3 is 0 Å². The summed E-state index contributed by atoms with van der Waals surface area (Å²) in [5.41, 5.74) is 0.242. The molecule has 216 valence electrons. The van der Waals surface area contributed by atoms with Crippen molar-refractivity contribution < 1.29 is 28.2 Å². The van der Waals surface area contributed by atoms with Crippen molar-refractivity contribution in [3.8, 4) is 23.5 Å². The zero-order chi connectivity index (χ0) is 28.5. The van der Waals surface area contributed by atoms with Gasteiger partial charge in [-0.25, -0.2) is 0 Å². The summed E-state index contributed by atoms with van der Waals surface area (Å²) in [5, 5.41) is 7.16. The average Bonchev–Trinajstić information content (AvgIpc) is 3.37. The van der Waals surface area contributed by atoms with Crippen molar-refractivity contribution >= 4 is 30.8 Å². The molecule has 0 saturated carbocycles. The van der Waals surface area contributed by atoms with Gasteiger partial charge in [0.15, 0.2) is 5.69 Å². The maximum atomic E-state index is 12.9. The molecule has 40 heavy (non-hydrogen) atoms. The molecule has 3 aromatic rings. The van der Waals surface area contributed by atoms with Crippen LogP contribution >= 0.6 is 0 Å². The predicted octanol–water partition coefficient (Wildman–Crippen LogP) is 3.13. The lowest BCUT2D eigenvalue weighted by Gasteiger charge is -2.26. The Hall–Kier alpha value is -3.68. The summed E-state index contributed by atoms with van der Waals surface area (Å²) in [5.74, 6) is 1.68. The molecular weight excluding hydrogens is 532 g/mol. The van der Waals surface area contributed by atoms with E-state index >= 15 is 0 Å². The average molecular weight is 571 g/mol. The number of carbonyl (C=O) groups is 1. The second-order valence-corrected chi connectivity index (χ2v) is 15.5. The Bertz CT molecular complexity index is 1250. The van der Waals surface area contributed by atoms with Gasteiger partial charge in [0.2, 0.25) is 23.6 Å². The van der Waals surface area contributed by atoms with E-state index in [4.69, 9.17) is 23.4 Å². The van der Waals surface area contributed by atoms with Crippen molar-refractivity contribution in [2.75, 3.05) is 64.2 Å². The number of hydrogen-bond acceptors (Lipinski definition) is 11. The molecular formula is C27H38N6O6Si. The van der Waals surface area contributed by atoms with Gasteiger partial charge in [0.1, 0.15) is 11.5 Å². The number of methoxy groups -OCH3 is 2. The van der Waals surface area contributed by atoms with Gasteiger partial charge in [-0.05, 0) is 30.3 Å². The van der Waals surface area contributed by atoms with Crippen molar-refractivity contribution in [3.05, 3.63) is 36.4 Å². The molecule has 1 fully saturated rings. The number of aromatic nitrogens is 3. The summed E-state index contributed by atoms with van der Waals surface area (Å²) in [6.45, 7) is 11.8. The summed E-state index contributed by atoms with van der Waals surface area (Å²) in [7, 11) is 1.41. The van der Waals surface area contributed by atoms with E-state index in [0.717, 1.165) is 39.3 Å². The molecule has 1 saturated heterocycles. The second kappa shape index (κ2) is 13.6. The first-order valence-corrected chi connectivity index (χ1v) is 16.8. The Balaban J connectivity index is 1.34. The highest BCUT2D eigenvalue weighted by molar-refractivity contribution is 6.88. The molecule has 4 heterocycles. The lowest BCUT2D eigenvalue weighted by molar-refractivity contribution is -0.115. The zero-order valence-corrected chi connectivity index (χ0v) is 24.8. The number of morpholine rings is 1. The summed E-state index contributed by atoms with van der Waals surface area (Å²) in [6, 6.07) is 5.35. The maximum absolute atomic E-state index is 12.9. The van der Waals surface area contributed by atoms with Crippen LogP contribution < -0.4 is 30.0 Å². The predicted molar refractivity (Wildman–Crippen MR) is 154 cm³/mol. The third kappa shape index (κ3) is 8.16. The Morgan fingerprint density at radius 2 is 1.80 bits per heavy atom. The minimum Gasteiger partial charge on any atom is -0.479 e. The first-order valence-electron chi connectivity index (χ1n) is 13.3. The van der Waals surface area contributed by atoms with Crippen molar-refractivity contribution in [2.24, 2.45) is 0 Å². The number of carbonyl (C=O) groups excluding carboxylic acids is 1. The highest BCUT2D eigenvalue weighted by Crippen LogP contribution is 2.33. The highest BCUT2D eigenvalue weighted by Gasteiger charge is 2.21.